The fraction of sp³-hybridized carbons (Fsp3) is 0.301. The van der Waals surface area contributed by atoms with Crippen molar-refractivity contribution in [3.05, 3.63) is 259 Å². The summed E-state index contributed by atoms with van der Waals surface area (Å²) in [6, 6.07) is 24.9. The summed E-state index contributed by atoms with van der Waals surface area (Å²) >= 11 is 0. The molecule has 7 aromatic rings. The van der Waals surface area contributed by atoms with Crippen LogP contribution in [0.5, 0.6) is 0 Å². The van der Waals surface area contributed by atoms with E-state index in [-0.39, 0.29) is 66.1 Å². The Bertz CT molecular complexity index is 4200. The summed E-state index contributed by atoms with van der Waals surface area (Å²) in [5.41, 5.74) is 0.314. The Kier molecular flexibility index (Phi) is 22.0. The van der Waals surface area contributed by atoms with Crippen LogP contribution in [0.2, 0.25) is 0 Å². The van der Waals surface area contributed by atoms with Gasteiger partial charge in [0.1, 0.15) is 56.6 Å². The Labute approximate surface area is 554 Å². The third-order valence-electron chi connectivity index (χ3n) is 18.3. The van der Waals surface area contributed by atoms with Crippen molar-refractivity contribution in [1.29, 1.82) is 0 Å². The molecule has 3 aromatic heterocycles. The molecule has 0 fully saturated rings. The lowest BCUT2D eigenvalue weighted by atomic mass is 9.77. The minimum Gasteiger partial charge on any atom is -0.480 e. The normalized spacial score (nSPS) is 20.4. The van der Waals surface area contributed by atoms with Crippen LogP contribution in [-0.4, -0.2) is 63.3 Å². The molecule has 3 N–H and O–H groups in total. The SMILES string of the molecule is COC(=O)[C@]1(c2cccc(F)c2C)C=C(C)CC1.COC(=O)[C@]1(c2cccc(F)c2C)C=C(c2ccnc(C(F)(F)F)c2)CC1.Cc1c(F)cccc1[C@@]1(C(=O)NO)C=C(c2ccnc(C(F)(F)F)c2)CC1.Cc1c(F)cccc1[C@@]1(C(=O)O)C=C(c2ccnc(C(F)(F)F)c2)CC1. The van der Waals surface area contributed by atoms with Crippen LogP contribution in [0.4, 0.5) is 57.1 Å². The van der Waals surface area contributed by atoms with Crippen molar-refractivity contribution in [1.82, 2.24) is 20.4 Å². The predicted molar refractivity (Wildman–Crippen MR) is 335 cm³/mol. The van der Waals surface area contributed by atoms with Gasteiger partial charge in [0.15, 0.2) is 0 Å². The molecule has 0 bridgehead atoms. The number of halogens is 13. The number of alkyl halides is 9. The molecule has 0 saturated heterocycles. The van der Waals surface area contributed by atoms with Gasteiger partial charge in [-0.05, 0) is 225 Å². The molecule has 0 aliphatic heterocycles. The highest BCUT2D eigenvalue weighted by molar-refractivity contribution is 5.95. The molecule has 0 unspecified atom stereocenters. The highest BCUT2D eigenvalue weighted by Gasteiger charge is 2.48. The van der Waals surface area contributed by atoms with Crippen molar-refractivity contribution in [3.63, 3.8) is 0 Å². The number of hydroxylamine groups is 1. The number of carboxylic acid groups (broad SMARTS) is 1. The highest BCUT2D eigenvalue weighted by atomic mass is 19.4. The minimum atomic E-state index is -4.59. The number of carbonyl (C=O) groups excluding carboxylic acids is 3. The van der Waals surface area contributed by atoms with E-state index < -0.39 is 92.6 Å². The number of rotatable bonds is 11. The number of amides is 1. The molecule has 4 atom stereocenters. The van der Waals surface area contributed by atoms with Crippen molar-refractivity contribution >= 4 is 40.5 Å². The molecular formula is C73H65F13N4O8. The lowest BCUT2D eigenvalue weighted by molar-refractivity contribution is -0.146. The number of nitrogens with zero attached hydrogens (tertiary/aromatic N) is 3. The molecule has 4 aliphatic rings. The number of aliphatic carboxylic acids is 1. The first-order valence-corrected chi connectivity index (χ1v) is 30.4. The van der Waals surface area contributed by atoms with Crippen LogP contribution in [0.1, 0.15) is 137 Å². The van der Waals surface area contributed by atoms with Crippen LogP contribution < -0.4 is 5.48 Å². The van der Waals surface area contributed by atoms with Gasteiger partial charge in [0.25, 0.3) is 5.91 Å². The van der Waals surface area contributed by atoms with E-state index in [2.05, 4.69) is 15.0 Å². The number of aromatic nitrogens is 3. The standard InChI is InChI=1S/C20H17F4NO2.C19H16F4N2O2.C19H15F4NO2.C15H17FO2/c1-12-15(4-3-5-16(12)21)19(18(26)27-2)8-6-14(11-19)13-7-9-25-17(10-13)20(22,23)24;1-11-14(3-2-4-15(11)20)18(17(26)25-27)7-5-13(10-18)12-6-8-24-16(9-12)19(21,22)23;1-11-14(3-2-4-15(11)20)18(17(25)26)7-5-13(10-18)12-6-8-24-16(9-12)19(21,22)23;1-10-7-8-15(9-10,14(17)18-3)12-5-4-6-13(16)11(12)2/h3-5,7,9-11H,6,8H2,1-2H3;2-4,6,8-10,27H,5,7H2,1H3,(H,25,26);2-4,6,8-10H,5,7H2,1H3,(H,25,26);4-6,9H,7-8H2,1-3H3/t19-;2*18-;15-/m0000/s1. The predicted octanol–water partition coefficient (Wildman–Crippen LogP) is 17.0. The van der Waals surface area contributed by atoms with Crippen molar-refractivity contribution in [2.45, 2.75) is 126 Å². The van der Waals surface area contributed by atoms with Crippen molar-refractivity contribution in [2.24, 2.45) is 0 Å². The van der Waals surface area contributed by atoms with Gasteiger partial charge in [-0.15, -0.1) is 0 Å². The third kappa shape index (κ3) is 15.0. The van der Waals surface area contributed by atoms with Crippen LogP contribution in [0, 0.1) is 51.0 Å². The zero-order chi connectivity index (χ0) is 72.1. The monoisotopic (exact) mass is 1370 g/mol. The number of carbonyl (C=O) groups is 4. The van der Waals surface area contributed by atoms with E-state index in [0.717, 1.165) is 48.8 Å². The second-order valence-corrected chi connectivity index (χ2v) is 24.0. The molecule has 3 heterocycles. The largest absolute Gasteiger partial charge is 0.480 e. The molecule has 0 spiro atoms. The molecule has 11 rings (SSSR count). The van der Waals surface area contributed by atoms with Gasteiger partial charge in [0, 0.05) is 18.6 Å². The zero-order valence-corrected chi connectivity index (χ0v) is 53.7. The van der Waals surface area contributed by atoms with Gasteiger partial charge in [-0.3, -0.25) is 39.3 Å². The Morgan fingerprint density at radius 1 is 0.429 bits per heavy atom. The molecular weight excluding hydrogens is 1310 g/mol. The van der Waals surface area contributed by atoms with Gasteiger partial charge in [-0.1, -0.05) is 78.4 Å². The Morgan fingerprint density at radius 3 is 1.02 bits per heavy atom. The topological polar surface area (TPSA) is 178 Å². The molecule has 25 heteroatoms. The number of hydrogen-bond donors (Lipinski definition) is 3. The van der Waals surface area contributed by atoms with Gasteiger partial charge in [0.05, 0.1) is 19.6 Å². The minimum absolute atomic E-state index is 0.144. The van der Waals surface area contributed by atoms with E-state index in [0.29, 0.717) is 68.5 Å². The number of carboxylic acids is 1. The summed E-state index contributed by atoms with van der Waals surface area (Å²) in [5, 5.41) is 19.0. The molecule has 516 valence electrons. The smallest absolute Gasteiger partial charge is 0.433 e. The van der Waals surface area contributed by atoms with Crippen LogP contribution >= 0.6 is 0 Å². The first kappa shape index (κ1) is 74.0. The molecule has 0 saturated carbocycles. The van der Waals surface area contributed by atoms with Gasteiger partial charge in [-0.2, -0.15) is 39.5 Å². The van der Waals surface area contributed by atoms with Crippen molar-refractivity contribution < 1.29 is 96.0 Å². The molecule has 4 aliphatic carbocycles. The molecule has 98 heavy (non-hydrogen) atoms. The van der Waals surface area contributed by atoms with Gasteiger partial charge in [0.2, 0.25) is 0 Å². The Morgan fingerprint density at radius 2 is 0.714 bits per heavy atom. The lowest BCUT2D eigenvalue weighted by Crippen LogP contribution is -2.41. The van der Waals surface area contributed by atoms with Crippen LogP contribution in [-0.2, 0) is 68.8 Å². The average Bonchev–Trinajstić information content (AvgIpc) is 1.60. The molecule has 0 radical (unpaired) electrons. The van der Waals surface area contributed by atoms with Crippen LogP contribution in [0.25, 0.3) is 16.7 Å². The van der Waals surface area contributed by atoms with Gasteiger partial charge < -0.3 is 14.6 Å². The Balaban J connectivity index is 0.000000168. The number of esters is 2. The molecule has 12 nitrogen and oxygen atoms in total. The fourth-order valence-corrected chi connectivity index (χ4v) is 13.1. The maximum absolute atomic E-state index is 14.1. The summed E-state index contributed by atoms with van der Waals surface area (Å²) in [7, 11) is 2.61. The Hall–Kier alpha value is -9.78. The van der Waals surface area contributed by atoms with E-state index in [1.54, 1.807) is 49.7 Å². The first-order valence-electron chi connectivity index (χ1n) is 30.4. The highest BCUT2D eigenvalue weighted by Crippen LogP contribution is 2.49. The number of pyridine rings is 3. The molecule has 1 amide bonds. The summed E-state index contributed by atoms with van der Waals surface area (Å²) < 4.78 is 182. The maximum Gasteiger partial charge on any atom is 0.433 e. The fourth-order valence-electron chi connectivity index (χ4n) is 13.1. The van der Waals surface area contributed by atoms with Crippen molar-refractivity contribution in [3.8, 4) is 0 Å². The summed E-state index contributed by atoms with van der Waals surface area (Å²) in [4.78, 5) is 59.3. The summed E-state index contributed by atoms with van der Waals surface area (Å²) in [5.74, 6) is -4.59. The van der Waals surface area contributed by atoms with Gasteiger partial charge in [-0.25, -0.2) is 23.0 Å². The number of hydrogen-bond acceptors (Lipinski definition) is 10. The van der Waals surface area contributed by atoms with E-state index in [1.165, 1.54) is 101 Å². The molecule has 4 aromatic carbocycles. The van der Waals surface area contributed by atoms with Crippen LogP contribution in [0.15, 0.2) is 158 Å². The second kappa shape index (κ2) is 29.1. The second-order valence-electron chi connectivity index (χ2n) is 24.0. The first-order chi connectivity index (χ1) is 46.0. The number of allylic oxidation sites excluding steroid dienone is 4. The number of methoxy groups -OCH3 is 2. The van der Waals surface area contributed by atoms with E-state index >= 15 is 0 Å². The lowest BCUT2D eigenvalue weighted by Gasteiger charge is -2.27. The summed E-state index contributed by atoms with van der Waals surface area (Å²) in [6.45, 7) is 8.26. The number of benzene rings is 4. The van der Waals surface area contributed by atoms with Gasteiger partial charge >= 0.3 is 36.4 Å². The third-order valence-corrected chi connectivity index (χ3v) is 18.3. The van der Waals surface area contributed by atoms with E-state index in [9.17, 15) is 86.6 Å². The van der Waals surface area contributed by atoms with Crippen molar-refractivity contribution in [2.75, 3.05) is 14.2 Å². The van der Waals surface area contributed by atoms with E-state index in [1.807, 2.05) is 19.1 Å². The average molecular weight is 1370 g/mol. The summed E-state index contributed by atoms with van der Waals surface area (Å²) in [6.07, 6.45) is -1.10. The van der Waals surface area contributed by atoms with E-state index in [4.69, 9.17) is 9.47 Å². The zero-order valence-electron chi connectivity index (χ0n) is 53.7. The number of nitrogens with one attached hydrogen (secondary N) is 1. The maximum atomic E-state index is 14.1. The van der Waals surface area contributed by atoms with Crippen LogP contribution in [0.3, 0.4) is 0 Å². The number of ether oxygens (including phenoxy) is 2. The quantitative estimate of drug-likeness (QED) is 0.0369.